The molecule has 10 heteroatoms. The van der Waals surface area contributed by atoms with E-state index in [0.29, 0.717) is 29.7 Å². The van der Waals surface area contributed by atoms with Crippen LogP contribution in [0.1, 0.15) is 17.0 Å². The van der Waals surface area contributed by atoms with E-state index in [-0.39, 0.29) is 23.6 Å². The van der Waals surface area contributed by atoms with E-state index in [2.05, 4.69) is 21.6 Å². The van der Waals surface area contributed by atoms with Crippen molar-refractivity contribution in [3.05, 3.63) is 99.4 Å². The van der Waals surface area contributed by atoms with E-state index < -0.39 is 0 Å². The number of para-hydroxylation sites is 1. The zero-order chi connectivity index (χ0) is 28.2. The molecule has 2 aromatic heterocycles. The zero-order valence-corrected chi connectivity index (χ0v) is 23.6. The van der Waals surface area contributed by atoms with Crippen molar-refractivity contribution in [2.75, 3.05) is 38.7 Å². The highest BCUT2D eigenvalue weighted by Crippen LogP contribution is 2.32. The van der Waals surface area contributed by atoms with Gasteiger partial charge in [0.2, 0.25) is 5.56 Å². The Balaban J connectivity index is 1.44. The van der Waals surface area contributed by atoms with Crippen molar-refractivity contribution in [1.82, 2.24) is 24.6 Å². The molecule has 9 nitrogen and oxygen atoms in total. The van der Waals surface area contributed by atoms with Gasteiger partial charge in [0.15, 0.2) is 0 Å². The predicted octanol–water partition coefficient (Wildman–Crippen LogP) is 4.44. The van der Waals surface area contributed by atoms with Crippen molar-refractivity contribution in [3.63, 3.8) is 0 Å². The fourth-order valence-electron chi connectivity index (χ4n) is 5.23. The average molecular weight is 561 g/mol. The highest BCUT2D eigenvalue weighted by Gasteiger charge is 2.35. The fraction of sp³-hybridized carbons (Fsp3) is 0.300. The largest absolute Gasteiger partial charge is 0.383 e. The number of urea groups is 1. The Bertz CT molecular complexity index is 1550. The predicted molar refractivity (Wildman–Crippen MR) is 157 cm³/mol. The summed E-state index contributed by atoms with van der Waals surface area (Å²) in [4.78, 5) is 27.8. The van der Waals surface area contributed by atoms with Crippen molar-refractivity contribution in [2.45, 2.75) is 18.9 Å². The molecule has 3 heterocycles. The summed E-state index contributed by atoms with van der Waals surface area (Å²) < 4.78 is 8.53. The Morgan fingerprint density at radius 3 is 2.62 bits per heavy atom. The van der Waals surface area contributed by atoms with E-state index in [0.717, 1.165) is 35.5 Å². The number of carbonyl (C=O) groups is 1. The molecule has 2 N–H and O–H groups in total. The number of nitrogens with zero attached hydrogens (tertiary/aromatic N) is 4. The topological polar surface area (TPSA) is 93.4 Å². The smallest absolute Gasteiger partial charge is 0.320 e. The van der Waals surface area contributed by atoms with Crippen LogP contribution < -0.4 is 16.2 Å². The first-order valence-corrected chi connectivity index (χ1v) is 13.6. The molecule has 0 unspecified atom stereocenters. The van der Waals surface area contributed by atoms with Crippen LogP contribution in [0.4, 0.5) is 10.6 Å². The molecule has 1 aliphatic rings. The minimum absolute atomic E-state index is 0.0719. The normalized spacial score (nSPS) is 17.2. The van der Waals surface area contributed by atoms with Crippen LogP contribution in [0.5, 0.6) is 0 Å². The number of amides is 2. The van der Waals surface area contributed by atoms with Crippen LogP contribution >= 0.6 is 11.6 Å². The van der Waals surface area contributed by atoms with Crippen LogP contribution in [0.2, 0.25) is 5.02 Å². The zero-order valence-electron chi connectivity index (χ0n) is 22.8. The third-order valence-corrected chi connectivity index (χ3v) is 7.55. The van der Waals surface area contributed by atoms with E-state index in [1.54, 1.807) is 31.1 Å². The van der Waals surface area contributed by atoms with Crippen LogP contribution in [0.15, 0.2) is 77.7 Å². The van der Waals surface area contributed by atoms with Crippen LogP contribution in [-0.2, 0) is 11.8 Å². The Labute approximate surface area is 238 Å². The first-order chi connectivity index (χ1) is 19.3. The molecule has 5 rings (SSSR count). The van der Waals surface area contributed by atoms with Gasteiger partial charge in [-0.3, -0.25) is 15.0 Å². The maximum Gasteiger partial charge on any atom is 0.320 e. The number of aromatic nitrogens is 3. The third-order valence-electron chi connectivity index (χ3n) is 7.31. The van der Waals surface area contributed by atoms with Crippen molar-refractivity contribution >= 4 is 23.4 Å². The van der Waals surface area contributed by atoms with Gasteiger partial charge in [0.1, 0.15) is 5.82 Å². The minimum atomic E-state index is -0.321. The second kappa shape index (κ2) is 12.1. The summed E-state index contributed by atoms with van der Waals surface area (Å²) in [6, 6.07) is 20.3. The number of nitrogens with one attached hydrogen (secondary N) is 2. The number of methoxy groups -OCH3 is 1. The fourth-order valence-corrected chi connectivity index (χ4v) is 5.43. The molecule has 4 aromatic rings. The number of pyridine rings is 1. The number of likely N-dealkylation sites (tertiary alicyclic amines) is 1. The van der Waals surface area contributed by atoms with Gasteiger partial charge in [0.05, 0.1) is 24.0 Å². The van der Waals surface area contributed by atoms with Gasteiger partial charge in [-0.05, 0) is 42.8 Å². The van der Waals surface area contributed by atoms with E-state index in [4.69, 9.17) is 21.4 Å². The number of benzene rings is 2. The van der Waals surface area contributed by atoms with Crippen LogP contribution in [0.3, 0.4) is 0 Å². The average Bonchev–Trinajstić information content (AvgIpc) is 3.50. The first kappa shape index (κ1) is 27.6. The van der Waals surface area contributed by atoms with Crippen LogP contribution in [0, 0.1) is 6.92 Å². The lowest BCUT2D eigenvalue weighted by atomic mass is 9.94. The molecule has 0 saturated carbocycles. The molecule has 40 heavy (non-hydrogen) atoms. The Hall–Kier alpha value is -3.92. The van der Waals surface area contributed by atoms with Crippen LogP contribution in [0.25, 0.3) is 16.9 Å². The molecular formula is C30H33ClN6O3. The van der Waals surface area contributed by atoms with Gasteiger partial charge in [-0.2, -0.15) is 5.10 Å². The Morgan fingerprint density at radius 1 is 1.10 bits per heavy atom. The highest BCUT2D eigenvalue weighted by molar-refractivity contribution is 6.30. The van der Waals surface area contributed by atoms with Crippen molar-refractivity contribution in [2.24, 2.45) is 7.05 Å². The lowest BCUT2D eigenvalue weighted by Gasteiger charge is -2.21. The summed E-state index contributed by atoms with van der Waals surface area (Å²) in [6.45, 7) is 4.78. The quantitative estimate of drug-likeness (QED) is 0.332. The van der Waals surface area contributed by atoms with Gasteiger partial charge in [0.25, 0.3) is 0 Å². The Morgan fingerprint density at radius 2 is 1.90 bits per heavy atom. The molecule has 0 aliphatic carbocycles. The highest BCUT2D eigenvalue weighted by atomic mass is 35.5. The summed E-state index contributed by atoms with van der Waals surface area (Å²) >= 11 is 6.31. The number of hydrogen-bond acceptors (Lipinski definition) is 5. The summed E-state index contributed by atoms with van der Waals surface area (Å²) in [5.41, 5.74) is 4.03. The summed E-state index contributed by atoms with van der Waals surface area (Å²) in [6.07, 6.45) is 1.75. The standard InChI is InChI=1S/C30H33ClN6O3/c1-20-28(22-12-13-27(38)35(2)17-22)34-37(24-10-5-4-6-11-24)29(20)33-30(39)32-26-19-36(14-15-40-3)18-25(26)21-8-7-9-23(31)16-21/h4-13,16-17,25-26H,14-15,18-19H2,1-3H3,(H2,32,33,39)/t25-,26+/m1/s1. The molecule has 2 atom stereocenters. The van der Waals surface area contributed by atoms with Gasteiger partial charge in [-0.25, -0.2) is 9.48 Å². The van der Waals surface area contributed by atoms with Crippen LogP contribution in [-0.4, -0.2) is 64.7 Å². The van der Waals surface area contributed by atoms with Crippen molar-refractivity contribution < 1.29 is 9.53 Å². The number of carbonyl (C=O) groups excluding carboxylic acids is 1. The number of aryl methyl sites for hydroxylation is 1. The second-order valence-corrected chi connectivity index (χ2v) is 10.5. The van der Waals surface area contributed by atoms with Gasteiger partial charge in [-0.1, -0.05) is 41.9 Å². The van der Waals surface area contributed by atoms with E-state index >= 15 is 0 Å². The molecule has 0 radical (unpaired) electrons. The molecule has 0 bridgehead atoms. The summed E-state index contributed by atoms with van der Waals surface area (Å²) in [5, 5.41) is 11.8. The van der Waals surface area contributed by atoms with E-state index in [9.17, 15) is 9.59 Å². The number of rotatable bonds is 8. The van der Waals surface area contributed by atoms with Gasteiger partial charge in [0, 0.05) is 68.1 Å². The SMILES string of the molecule is COCCN1C[C@H](NC(=O)Nc2c(C)c(-c3ccc(=O)n(C)c3)nn2-c2ccccc2)[C@@H](c2cccc(Cl)c2)C1. The maximum atomic E-state index is 13.5. The second-order valence-electron chi connectivity index (χ2n) is 10.1. The molecule has 1 aliphatic heterocycles. The van der Waals surface area contributed by atoms with E-state index in [1.165, 1.54) is 10.6 Å². The van der Waals surface area contributed by atoms with Gasteiger partial charge in [-0.15, -0.1) is 0 Å². The lowest BCUT2D eigenvalue weighted by Crippen LogP contribution is -2.42. The molecule has 1 saturated heterocycles. The third kappa shape index (κ3) is 5.96. The molecule has 1 fully saturated rings. The number of ether oxygens (including phenoxy) is 1. The van der Waals surface area contributed by atoms with Gasteiger partial charge >= 0.3 is 6.03 Å². The summed E-state index contributed by atoms with van der Waals surface area (Å²) in [5.74, 6) is 0.628. The number of hydrogen-bond donors (Lipinski definition) is 2. The number of anilines is 1. The van der Waals surface area contributed by atoms with E-state index in [1.807, 2.05) is 55.5 Å². The molecular weight excluding hydrogens is 528 g/mol. The van der Waals surface area contributed by atoms with Crippen molar-refractivity contribution in [3.8, 4) is 16.9 Å². The molecule has 2 aromatic carbocycles. The first-order valence-electron chi connectivity index (χ1n) is 13.2. The lowest BCUT2D eigenvalue weighted by molar-refractivity contribution is 0.159. The Kier molecular flexibility index (Phi) is 8.35. The summed E-state index contributed by atoms with van der Waals surface area (Å²) in [7, 11) is 3.39. The molecule has 208 valence electrons. The van der Waals surface area contributed by atoms with Gasteiger partial charge < -0.3 is 14.6 Å². The maximum absolute atomic E-state index is 13.5. The monoisotopic (exact) mass is 560 g/mol. The molecule has 0 spiro atoms. The van der Waals surface area contributed by atoms with Crippen molar-refractivity contribution in [1.29, 1.82) is 0 Å². The molecule has 2 amide bonds. The minimum Gasteiger partial charge on any atom is -0.383 e. The number of halogens is 1.